The van der Waals surface area contributed by atoms with Crippen LogP contribution in [0.1, 0.15) is 16.7 Å². The Labute approximate surface area is 147 Å². The zero-order valence-electron chi connectivity index (χ0n) is 14.3. The molecule has 0 saturated heterocycles. The molecule has 2 aromatic carbocycles. The average molecular weight is 333 g/mol. The summed E-state index contributed by atoms with van der Waals surface area (Å²) < 4.78 is 0. The average Bonchev–Trinajstić information content (AvgIpc) is 3.05. The molecule has 1 aliphatic rings. The third-order valence-electron chi connectivity index (χ3n) is 4.99. The smallest absolute Gasteiger partial charge is 0.224 e. The van der Waals surface area contributed by atoms with Gasteiger partial charge >= 0.3 is 0 Å². The fourth-order valence-electron chi connectivity index (χ4n) is 3.61. The van der Waals surface area contributed by atoms with Crippen molar-refractivity contribution in [3.63, 3.8) is 0 Å². The Morgan fingerprint density at radius 1 is 1.08 bits per heavy atom. The van der Waals surface area contributed by atoms with E-state index in [-0.39, 0.29) is 5.91 Å². The van der Waals surface area contributed by atoms with Crippen LogP contribution in [0.15, 0.2) is 54.7 Å². The number of carbonyl (C=O) groups excluding carboxylic acids is 1. The molecule has 2 N–H and O–H groups in total. The molecule has 0 atom stereocenters. The van der Waals surface area contributed by atoms with Crippen LogP contribution >= 0.6 is 0 Å². The molecule has 2 heterocycles. The summed E-state index contributed by atoms with van der Waals surface area (Å²) in [5.41, 5.74) is 5.01. The van der Waals surface area contributed by atoms with Gasteiger partial charge in [0.2, 0.25) is 5.91 Å². The Hall–Kier alpha value is -2.59. The number of aromatic amines is 1. The second-order valence-electron chi connectivity index (χ2n) is 6.68. The summed E-state index contributed by atoms with van der Waals surface area (Å²) in [7, 11) is 0. The van der Waals surface area contributed by atoms with E-state index in [1.807, 2.05) is 24.4 Å². The lowest BCUT2D eigenvalue weighted by molar-refractivity contribution is -0.120. The fraction of sp³-hybridized carbons (Fsp3) is 0.286. The zero-order valence-corrected chi connectivity index (χ0v) is 14.3. The van der Waals surface area contributed by atoms with Crippen molar-refractivity contribution in [1.29, 1.82) is 0 Å². The van der Waals surface area contributed by atoms with Gasteiger partial charge in [-0.05, 0) is 29.2 Å². The maximum atomic E-state index is 12.3. The van der Waals surface area contributed by atoms with Crippen molar-refractivity contribution in [2.45, 2.75) is 19.4 Å². The number of aromatic nitrogens is 1. The molecular formula is C21H23N3O. The molecule has 1 amide bonds. The maximum Gasteiger partial charge on any atom is 0.224 e. The molecule has 1 aromatic heterocycles. The first-order chi connectivity index (χ1) is 12.3. The van der Waals surface area contributed by atoms with Crippen molar-refractivity contribution in [1.82, 2.24) is 15.2 Å². The van der Waals surface area contributed by atoms with Gasteiger partial charge in [0.25, 0.3) is 0 Å². The normalized spacial score (nSPS) is 14.4. The second-order valence-corrected chi connectivity index (χ2v) is 6.68. The van der Waals surface area contributed by atoms with Gasteiger partial charge in [-0.2, -0.15) is 0 Å². The van der Waals surface area contributed by atoms with Crippen LogP contribution in [0.2, 0.25) is 0 Å². The summed E-state index contributed by atoms with van der Waals surface area (Å²) in [5.74, 6) is 0.0853. The predicted octanol–water partition coefficient (Wildman–Crippen LogP) is 2.88. The zero-order chi connectivity index (χ0) is 17.1. The first-order valence-corrected chi connectivity index (χ1v) is 8.90. The van der Waals surface area contributed by atoms with E-state index in [4.69, 9.17) is 0 Å². The van der Waals surface area contributed by atoms with Crippen molar-refractivity contribution in [2.24, 2.45) is 0 Å². The summed E-state index contributed by atoms with van der Waals surface area (Å²) in [6.07, 6.45) is 3.46. The van der Waals surface area contributed by atoms with E-state index in [0.717, 1.165) is 42.5 Å². The van der Waals surface area contributed by atoms with Gasteiger partial charge in [-0.25, -0.2) is 0 Å². The van der Waals surface area contributed by atoms with Gasteiger partial charge in [0.15, 0.2) is 0 Å². The van der Waals surface area contributed by atoms with Crippen molar-refractivity contribution >= 4 is 16.8 Å². The SMILES string of the molecule is O=C(Cc1c[nH]c2ccccc12)NCCN1CCc2ccccc2C1. The number of nitrogens with one attached hydrogen (secondary N) is 2. The molecule has 0 saturated carbocycles. The van der Waals surface area contributed by atoms with E-state index >= 15 is 0 Å². The Kier molecular flexibility index (Phi) is 4.53. The monoisotopic (exact) mass is 333 g/mol. The Bertz CT molecular complexity index is 883. The number of rotatable bonds is 5. The van der Waals surface area contributed by atoms with Gasteiger partial charge in [0.1, 0.15) is 0 Å². The van der Waals surface area contributed by atoms with Gasteiger partial charge in [-0.3, -0.25) is 9.69 Å². The first-order valence-electron chi connectivity index (χ1n) is 8.90. The summed E-state index contributed by atoms with van der Waals surface area (Å²) in [5, 5.41) is 4.19. The van der Waals surface area contributed by atoms with E-state index in [9.17, 15) is 4.79 Å². The molecule has 25 heavy (non-hydrogen) atoms. The molecule has 0 spiro atoms. The number of hydrogen-bond donors (Lipinski definition) is 2. The highest BCUT2D eigenvalue weighted by Gasteiger charge is 2.15. The lowest BCUT2D eigenvalue weighted by Gasteiger charge is -2.28. The van der Waals surface area contributed by atoms with Crippen LogP contribution in [-0.2, 0) is 24.2 Å². The Morgan fingerprint density at radius 3 is 2.80 bits per heavy atom. The van der Waals surface area contributed by atoms with Crippen molar-refractivity contribution in [3.8, 4) is 0 Å². The van der Waals surface area contributed by atoms with Crippen molar-refractivity contribution in [2.75, 3.05) is 19.6 Å². The molecule has 4 heteroatoms. The highest BCUT2D eigenvalue weighted by molar-refractivity contribution is 5.88. The fourth-order valence-corrected chi connectivity index (χ4v) is 3.61. The number of benzene rings is 2. The summed E-state index contributed by atoms with van der Waals surface area (Å²) >= 11 is 0. The van der Waals surface area contributed by atoms with Crippen molar-refractivity contribution < 1.29 is 4.79 Å². The number of nitrogens with zero attached hydrogens (tertiary/aromatic N) is 1. The highest BCUT2D eigenvalue weighted by Crippen LogP contribution is 2.19. The molecule has 0 unspecified atom stereocenters. The largest absolute Gasteiger partial charge is 0.361 e. The van der Waals surface area contributed by atoms with Gasteiger partial charge in [-0.15, -0.1) is 0 Å². The molecule has 0 aliphatic carbocycles. The van der Waals surface area contributed by atoms with E-state index in [0.29, 0.717) is 13.0 Å². The molecular weight excluding hydrogens is 310 g/mol. The quantitative estimate of drug-likeness (QED) is 0.754. The molecule has 0 bridgehead atoms. The first kappa shape index (κ1) is 15.9. The third kappa shape index (κ3) is 3.59. The van der Waals surface area contributed by atoms with E-state index in [2.05, 4.69) is 45.5 Å². The molecule has 128 valence electrons. The number of H-pyrrole nitrogens is 1. The number of amides is 1. The predicted molar refractivity (Wildman–Crippen MR) is 100 cm³/mol. The van der Waals surface area contributed by atoms with Gasteiger partial charge in [0.05, 0.1) is 6.42 Å². The van der Waals surface area contributed by atoms with Crippen LogP contribution in [0.4, 0.5) is 0 Å². The number of para-hydroxylation sites is 1. The summed E-state index contributed by atoms with van der Waals surface area (Å²) in [6, 6.07) is 16.7. The summed E-state index contributed by atoms with van der Waals surface area (Å²) in [4.78, 5) is 17.9. The molecule has 4 nitrogen and oxygen atoms in total. The lowest BCUT2D eigenvalue weighted by atomic mass is 10.00. The third-order valence-corrected chi connectivity index (χ3v) is 4.99. The number of fused-ring (bicyclic) bond motifs is 2. The molecule has 1 aliphatic heterocycles. The number of carbonyl (C=O) groups is 1. The lowest BCUT2D eigenvalue weighted by Crippen LogP contribution is -2.38. The van der Waals surface area contributed by atoms with Crippen LogP contribution in [0, 0.1) is 0 Å². The number of hydrogen-bond acceptors (Lipinski definition) is 2. The second kappa shape index (κ2) is 7.11. The minimum atomic E-state index is 0.0853. The van der Waals surface area contributed by atoms with E-state index < -0.39 is 0 Å². The molecule has 3 aromatic rings. The Morgan fingerprint density at radius 2 is 1.88 bits per heavy atom. The summed E-state index contributed by atoms with van der Waals surface area (Å²) in [6.45, 7) is 3.64. The van der Waals surface area contributed by atoms with Gasteiger partial charge in [-0.1, -0.05) is 42.5 Å². The van der Waals surface area contributed by atoms with Crippen LogP contribution in [0.5, 0.6) is 0 Å². The molecule has 0 fully saturated rings. The van der Waals surface area contributed by atoms with Gasteiger partial charge in [0, 0.05) is 43.3 Å². The van der Waals surface area contributed by atoms with Gasteiger partial charge < -0.3 is 10.3 Å². The van der Waals surface area contributed by atoms with Crippen LogP contribution in [0.25, 0.3) is 10.9 Å². The van der Waals surface area contributed by atoms with E-state index in [1.54, 1.807) is 0 Å². The standard InChI is InChI=1S/C21H23N3O/c25-21(13-18-14-23-20-8-4-3-7-19(18)20)22-10-12-24-11-9-16-5-1-2-6-17(16)15-24/h1-8,14,23H,9-13,15H2,(H,22,25). The Balaban J connectivity index is 1.27. The van der Waals surface area contributed by atoms with Crippen LogP contribution < -0.4 is 5.32 Å². The minimum Gasteiger partial charge on any atom is -0.361 e. The van der Waals surface area contributed by atoms with Crippen molar-refractivity contribution in [3.05, 3.63) is 71.4 Å². The topological polar surface area (TPSA) is 48.1 Å². The highest BCUT2D eigenvalue weighted by atomic mass is 16.1. The van der Waals surface area contributed by atoms with Crippen LogP contribution in [-0.4, -0.2) is 35.4 Å². The maximum absolute atomic E-state index is 12.3. The molecule has 0 radical (unpaired) electrons. The van der Waals surface area contributed by atoms with E-state index in [1.165, 1.54) is 11.1 Å². The van der Waals surface area contributed by atoms with Crippen LogP contribution in [0.3, 0.4) is 0 Å². The molecule has 4 rings (SSSR count). The minimum absolute atomic E-state index is 0.0853.